The van der Waals surface area contributed by atoms with Crippen LogP contribution in [0.5, 0.6) is 0 Å². The number of aryl methyl sites for hydroxylation is 4. The van der Waals surface area contributed by atoms with Crippen molar-refractivity contribution in [3.63, 3.8) is 0 Å². The fourth-order valence-electron chi connectivity index (χ4n) is 3.95. The van der Waals surface area contributed by atoms with Gasteiger partial charge in [0, 0.05) is 0 Å². The molecule has 0 heterocycles. The van der Waals surface area contributed by atoms with Crippen molar-refractivity contribution < 1.29 is 0 Å². The van der Waals surface area contributed by atoms with E-state index in [1.165, 1.54) is 60.4 Å². The predicted octanol–water partition coefficient (Wildman–Crippen LogP) is 6.62. The Morgan fingerprint density at radius 3 is 1.77 bits per heavy atom. The lowest BCUT2D eigenvalue weighted by Crippen LogP contribution is -2.06. The van der Waals surface area contributed by atoms with Crippen molar-refractivity contribution in [3.8, 4) is 0 Å². The molecule has 2 rings (SSSR count). The summed E-state index contributed by atoms with van der Waals surface area (Å²) >= 11 is 0. The maximum atomic E-state index is 2.38. The lowest BCUT2D eigenvalue weighted by Gasteiger charge is -2.22. The van der Waals surface area contributed by atoms with Crippen molar-refractivity contribution in [3.05, 3.63) is 45.5 Å². The molecule has 0 aliphatic rings. The van der Waals surface area contributed by atoms with Crippen molar-refractivity contribution in [1.29, 1.82) is 0 Å². The van der Waals surface area contributed by atoms with E-state index in [-0.39, 0.29) is 0 Å². The first-order chi connectivity index (χ1) is 10.6. The lowest BCUT2D eigenvalue weighted by atomic mass is 9.82. The van der Waals surface area contributed by atoms with Crippen LogP contribution in [-0.2, 0) is 19.3 Å². The largest absolute Gasteiger partial charge is 0.0651 e. The summed E-state index contributed by atoms with van der Waals surface area (Å²) in [6.45, 7) is 13.8. The molecule has 0 saturated carbocycles. The zero-order valence-corrected chi connectivity index (χ0v) is 15.4. The van der Waals surface area contributed by atoms with Crippen LogP contribution in [0.15, 0.2) is 12.1 Å². The van der Waals surface area contributed by atoms with Crippen LogP contribution in [0.25, 0.3) is 10.8 Å². The first-order valence-electron chi connectivity index (χ1n) is 9.09. The molecule has 0 unspecified atom stereocenters. The molecule has 0 nitrogen and oxygen atoms in total. The average Bonchev–Trinajstić information content (AvgIpc) is 2.50. The fourth-order valence-corrected chi connectivity index (χ4v) is 3.95. The highest BCUT2D eigenvalue weighted by molar-refractivity contribution is 5.94. The Hall–Kier alpha value is -1.30. The smallest absolute Gasteiger partial charge is 0.0117 e. The van der Waals surface area contributed by atoms with Crippen LogP contribution in [-0.4, -0.2) is 0 Å². The molecule has 0 aliphatic carbocycles. The summed E-state index contributed by atoms with van der Waals surface area (Å²) in [6, 6.07) is 4.69. The van der Waals surface area contributed by atoms with Gasteiger partial charge in [-0.05, 0) is 84.2 Å². The Bertz CT molecular complexity index is 662. The summed E-state index contributed by atoms with van der Waals surface area (Å²) < 4.78 is 0. The zero-order chi connectivity index (χ0) is 16.3. The molecule has 0 bridgehead atoms. The van der Waals surface area contributed by atoms with E-state index in [0.717, 1.165) is 0 Å². The third kappa shape index (κ3) is 2.93. The van der Waals surface area contributed by atoms with Crippen LogP contribution < -0.4 is 0 Å². The molecular formula is C22H32. The van der Waals surface area contributed by atoms with Crippen LogP contribution in [0.1, 0.15) is 73.4 Å². The number of benzene rings is 2. The van der Waals surface area contributed by atoms with Gasteiger partial charge in [0.15, 0.2) is 0 Å². The number of hydrogen-bond acceptors (Lipinski definition) is 0. The first kappa shape index (κ1) is 17.1. The summed E-state index contributed by atoms with van der Waals surface area (Å²) in [5.74, 6) is 0. The van der Waals surface area contributed by atoms with Crippen LogP contribution in [0.2, 0.25) is 0 Å². The normalized spacial score (nSPS) is 11.4. The maximum absolute atomic E-state index is 2.38. The van der Waals surface area contributed by atoms with Crippen molar-refractivity contribution in [2.24, 2.45) is 0 Å². The molecule has 0 fully saturated rings. The van der Waals surface area contributed by atoms with Crippen molar-refractivity contribution in [2.45, 2.75) is 80.1 Å². The minimum Gasteiger partial charge on any atom is -0.0651 e. The number of hydrogen-bond donors (Lipinski definition) is 0. The molecule has 0 N–H and O–H groups in total. The Kier molecular flexibility index (Phi) is 5.67. The molecule has 2 aromatic rings. The predicted molar refractivity (Wildman–Crippen MR) is 100 cm³/mol. The van der Waals surface area contributed by atoms with Crippen LogP contribution in [0, 0.1) is 20.8 Å². The minimum atomic E-state index is 1.21. The van der Waals surface area contributed by atoms with E-state index in [9.17, 15) is 0 Å². The number of rotatable bonds is 6. The molecule has 0 radical (unpaired) electrons. The van der Waals surface area contributed by atoms with Gasteiger partial charge in [-0.2, -0.15) is 0 Å². The molecule has 0 spiro atoms. The summed E-state index contributed by atoms with van der Waals surface area (Å²) in [6.07, 6.45) is 7.37. The van der Waals surface area contributed by atoms with E-state index in [0.29, 0.717) is 0 Å². The van der Waals surface area contributed by atoms with Gasteiger partial charge in [0.05, 0.1) is 0 Å². The third-order valence-corrected chi connectivity index (χ3v) is 5.12. The highest BCUT2D eigenvalue weighted by Gasteiger charge is 2.17. The SMILES string of the molecule is CCCc1c(CCC)c(C)c2c(C)c(C)ccc2c1CCC. The zero-order valence-electron chi connectivity index (χ0n) is 15.4. The summed E-state index contributed by atoms with van der Waals surface area (Å²) in [7, 11) is 0. The van der Waals surface area contributed by atoms with E-state index in [1.807, 2.05) is 0 Å². The van der Waals surface area contributed by atoms with Gasteiger partial charge in [0.25, 0.3) is 0 Å². The standard InChI is InChI=1S/C22H32/c1-7-10-18-17(6)22-16(5)15(4)13-14-21(22)20(12-9-3)19(18)11-8-2/h13-14H,7-12H2,1-6H3. The van der Waals surface area contributed by atoms with Crippen LogP contribution >= 0.6 is 0 Å². The molecule has 0 atom stereocenters. The molecular weight excluding hydrogens is 264 g/mol. The molecule has 0 aromatic heterocycles. The molecule has 2 aromatic carbocycles. The summed E-state index contributed by atoms with van der Waals surface area (Å²) in [5, 5.41) is 3.05. The second kappa shape index (κ2) is 7.31. The quantitative estimate of drug-likeness (QED) is 0.561. The average molecular weight is 296 g/mol. The van der Waals surface area contributed by atoms with Crippen molar-refractivity contribution >= 4 is 10.8 Å². The summed E-state index contributed by atoms with van der Waals surface area (Å²) in [5.41, 5.74) is 9.39. The second-order valence-electron chi connectivity index (χ2n) is 6.74. The maximum Gasteiger partial charge on any atom is -0.0117 e. The Balaban J connectivity index is 2.91. The molecule has 0 amide bonds. The van der Waals surface area contributed by atoms with Crippen molar-refractivity contribution in [1.82, 2.24) is 0 Å². The van der Waals surface area contributed by atoms with Gasteiger partial charge in [-0.3, -0.25) is 0 Å². The second-order valence-corrected chi connectivity index (χ2v) is 6.74. The Morgan fingerprint density at radius 2 is 1.18 bits per heavy atom. The third-order valence-electron chi connectivity index (χ3n) is 5.12. The lowest BCUT2D eigenvalue weighted by molar-refractivity contribution is 0.826. The minimum absolute atomic E-state index is 1.21. The van der Waals surface area contributed by atoms with Crippen LogP contribution in [0.4, 0.5) is 0 Å². The van der Waals surface area contributed by atoms with Gasteiger partial charge < -0.3 is 0 Å². The van der Waals surface area contributed by atoms with Gasteiger partial charge in [0.1, 0.15) is 0 Å². The summed E-state index contributed by atoms with van der Waals surface area (Å²) in [4.78, 5) is 0. The van der Waals surface area contributed by atoms with Gasteiger partial charge in [-0.15, -0.1) is 0 Å². The van der Waals surface area contributed by atoms with Gasteiger partial charge >= 0.3 is 0 Å². The van der Waals surface area contributed by atoms with E-state index in [1.54, 1.807) is 22.3 Å². The molecule has 0 heteroatoms. The molecule has 0 saturated heterocycles. The highest BCUT2D eigenvalue weighted by Crippen LogP contribution is 2.35. The fraction of sp³-hybridized carbons (Fsp3) is 0.545. The molecule has 22 heavy (non-hydrogen) atoms. The number of fused-ring (bicyclic) bond motifs is 1. The molecule has 0 aliphatic heterocycles. The van der Waals surface area contributed by atoms with E-state index >= 15 is 0 Å². The topological polar surface area (TPSA) is 0 Å². The monoisotopic (exact) mass is 296 g/mol. The van der Waals surface area contributed by atoms with E-state index in [2.05, 4.69) is 53.7 Å². The highest BCUT2D eigenvalue weighted by atomic mass is 14.2. The molecule has 120 valence electrons. The first-order valence-corrected chi connectivity index (χ1v) is 9.09. The Labute approximate surface area is 136 Å². The van der Waals surface area contributed by atoms with E-state index < -0.39 is 0 Å². The van der Waals surface area contributed by atoms with E-state index in [4.69, 9.17) is 0 Å². The van der Waals surface area contributed by atoms with Crippen molar-refractivity contribution in [2.75, 3.05) is 0 Å². The van der Waals surface area contributed by atoms with Crippen LogP contribution in [0.3, 0.4) is 0 Å². The van der Waals surface area contributed by atoms with Gasteiger partial charge in [-0.25, -0.2) is 0 Å². The Morgan fingerprint density at radius 1 is 0.636 bits per heavy atom. The van der Waals surface area contributed by atoms with Gasteiger partial charge in [0.2, 0.25) is 0 Å². The van der Waals surface area contributed by atoms with Gasteiger partial charge in [-0.1, -0.05) is 52.2 Å².